The van der Waals surface area contributed by atoms with E-state index in [0.29, 0.717) is 0 Å². The summed E-state index contributed by atoms with van der Waals surface area (Å²) in [6.07, 6.45) is 2.12. The zero-order chi connectivity index (χ0) is 13.9. The van der Waals surface area contributed by atoms with E-state index >= 15 is 0 Å². The first-order chi connectivity index (χ1) is 9.78. The molecule has 1 aromatic heterocycles. The van der Waals surface area contributed by atoms with Crippen LogP contribution in [0.2, 0.25) is 5.02 Å². The molecule has 0 aliphatic carbocycles. The fourth-order valence-electron chi connectivity index (χ4n) is 2.51. The monoisotopic (exact) mass is 284 g/mol. The molecule has 0 atom stereocenters. The van der Waals surface area contributed by atoms with Crippen LogP contribution in [-0.4, -0.2) is 11.6 Å². The van der Waals surface area contributed by atoms with Gasteiger partial charge in [0, 0.05) is 29.8 Å². The summed E-state index contributed by atoms with van der Waals surface area (Å²) >= 11 is 6.24. The first-order valence-corrected chi connectivity index (χ1v) is 7.11. The standard InChI is InChI=1S/C17H17ClN2/c1-19-11-13-6-7-17-14(10-13)8-9-20(17)12-15-4-2-3-5-16(15)18/h2-10,19H,11-12H2,1H3. The van der Waals surface area contributed by atoms with E-state index < -0.39 is 0 Å². The molecule has 0 aliphatic rings. The summed E-state index contributed by atoms with van der Waals surface area (Å²) in [6, 6.07) is 16.7. The molecule has 0 fully saturated rings. The van der Waals surface area contributed by atoms with Crippen molar-refractivity contribution >= 4 is 22.5 Å². The number of nitrogens with one attached hydrogen (secondary N) is 1. The molecule has 3 aromatic rings. The van der Waals surface area contributed by atoms with Gasteiger partial charge in [-0.1, -0.05) is 35.9 Å². The van der Waals surface area contributed by atoms with Gasteiger partial charge in [0.25, 0.3) is 0 Å². The van der Waals surface area contributed by atoms with Crippen LogP contribution in [0.15, 0.2) is 54.7 Å². The van der Waals surface area contributed by atoms with E-state index in [2.05, 4.69) is 46.4 Å². The van der Waals surface area contributed by atoms with Crippen molar-refractivity contribution in [1.29, 1.82) is 0 Å². The summed E-state index contributed by atoms with van der Waals surface area (Å²) in [6.45, 7) is 1.69. The summed E-state index contributed by atoms with van der Waals surface area (Å²) in [7, 11) is 1.97. The third kappa shape index (κ3) is 2.58. The molecule has 0 aliphatic heterocycles. The second-order valence-corrected chi connectivity index (χ2v) is 5.37. The van der Waals surface area contributed by atoms with Crippen molar-refractivity contribution in [2.75, 3.05) is 7.05 Å². The lowest BCUT2D eigenvalue weighted by Gasteiger charge is -2.08. The summed E-state index contributed by atoms with van der Waals surface area (Å²) in [5, 5.41) is 5.27. The molecule has 2 aromatic carbocycles. The maximum atomic E-state index is 6.24. The van der Waals surface area contributed by atoms with E-state index in [0.717, 1.165) is 23.7 Å². The molecule has 1 N–H and O–H groups in total. The number of halogens is 1. The van der Waals surface area contributed by atoms with Gasteiger partial charge in [-0.3, -0.25) is 0 Å². The van der Waals surface area contributed by atoms with Gasteiger partial charge in [-0.25, -0.2) is 0 Å². The Bertz CT molecular complexity index is 731. The topological polar surface area (TPSA) is 17.0 Å². The van der Waals surface area contributed by atoms with Crippen molar-refractivity contribution in [2.45, 2.75) is 13.1 Å². The number of benzene rings is 2. The zero-order valence-corrected chi connectivity index (χ0v) is 12.2. The predicted octanol–water partition coefficient (Wildman–Crippen LogP) is 4.06. The normalized spacial score (nSPS) is 11.1. The molecule has 0 spiro atoms. The third-order valence-electron chi connectivity index (χ3n) is 3.51. The van der Waals surface area contributed by atoms with E-state index in [-0.39, 0.29) is 0 Å². The molecule has 20 heavy (non-hydrogen) atoms. The lowest BCUT2D eigenvalue weighted by molar-refractivity contribution is 0.817. The van der Waals surface area contributed by atoms with Crippen molar-refractivity contribution < 1.29 is 0 Å². The Morgan fingerprint density at radius 2 is 1.95 bits per heavy atom. The number of hydrogen-bond donors (Lipinski definition) is 1. The molecule has 0 bridgehead atoms. The predicted molar refractivity (Wildman–Crippen MR) is 85.3 cm³/mol. The van der Waals surface area contributed by atoms with Crippen molar-refractivity contribution in [1.82, 2.24) is 9.88 Å². The van der Waals surface area contributed by atoms with Crippen LogP contribution in [0.1, 0.15) is 11.1 Å². The molecular formula is C17H17ClN2. The van der Waals surface area contributed by atoms with E-state index in [1.165, 1.54) is 16.5 Å². The molecule has 1 heterocycles. The van der Waals surface area contributed by atoms with Crippen LogP contribution in [0, 0.1) is 0 Å². The number of aromatic nitrogens is 1. The minimum Gasteiger partial charge on any atom is -0.343 e. The Labute approximate surface area is 124 Å². The summed E-state index contributed by atoms with van der Waals surface area (Å²) in [4.78, 5) is 0. The number of rotatable bonds is 4. The summed E-state index contributed by atoms with van der Waals surface area (Å²) in [5.41, 5.74) is 3.69. The van der Waals surface area contributed by atoms with Crippen LogP contribution >= 0.6 is 11.6 Å². The number of hydrogen-bond acceptors (Lipinski definition) is 1. The molecule has 0 amide bonds. The lowest BCUT2D eigenvalue weighted by Crippen LogP contribution is -2.04. The third-order valence-corrected chi connectivity index (χ3v) is 3.88. The van der Waals surface area contributed by atoms with Crippen molar-refractivity contribution in [3.05, 3.63) is 70.9 Å². The smallest absolute Gasteiger partial charge is 0.0490 e. The molecule has 2 nitrogen and oxygen atoms in total. The van der Waals surface area contributed by atoms with Gasteiger partial charge in [0.05, 0.1) is 0 Å². The molecule has 102 valence electrons. The van der Waals surface area contributed by atoms with E-state index in [4.69, 9.17) is 11.6 Å². The highest BCUT2D eigenvalue weighted by molar-refractivity contribution is 6.31. The molecule has 3 rings (SSSR count). The van der Waals surface area contributed by atoms with E-state index in [1.54, 1.807) is 0 Å². The van der Waals surface area contributed by atoms with Gasteiger partial charge in [-0.05, 0) is 47.8 Å². The maximum Gasteiger partial charge on any atom is 0.0490 e. The largest absolute Gasteiger partial charge is 0.343 e. The first-order valence-electron chi connectivity index (χ1n) is 6.74. The summed E-state index contributed by atoms with van der Waals surface area (Å²) in [5.74, 6) is 0. The maximum absolute atomic E-state index is 6.24. The lowest BCUT2D eigenvalue weighted by atomic mass is 10.1. The number of fused-ring (bicyclic) bond motifs is 1. The van der Waals surface area contributed by atoms with Crippen LogP contribution in [0.3, 0.4) is 0 Å². The Morgan fingerprint density at radius 3 is 2.75 bits per heavy atom. The van der Waals surface area contributed by atoms with Crippen LogP contribution in [-0.2, 0) is 13.1 Å². The van der Waals surface area contributed by atoms with Crippen molar-refractivity contribution in [3.8, 4) is 0 Å². The average molecular weight is 285 g/mol. The fourth-order valence-corrected chi connectivity index (χ4v) is 2.71. The number of nitrogens with zero attached hydrogens (tertiary/aromatic N) is 1. The van der Waals surface area contributed by atoms with Crippen LogP contribution in [0.4, 0.5) is 0 Å². The van der Waals surface area contributed by atoms with Gasteiger partial charge in [0.15, 0.2) is 0 Å². The van der Waals surface area contributed by atoms with Gasteiger partial charge in [0.2, 0.25) is 0 Å². The Balaban J connectivity index is 1.95. The minimum absolute atomic E-state index is 0.800. The Kier molecular flexibility index (Phi) is 3.77. The highest BCUT2D eigenvalue weighted by atomic mass is 35.5. The van der Waals surface area contributed by atoms with Crippen molar-refractivity contribution in [2.24, 2.45) is 0 Å². The Hall–Kier alpha value is -1.77. The summed E-state index contributed by atoms with van der Waals surface area (Å²) < 4.78 is 2.24. The highest BCUT2D eigenvalue weighted by Crippen LogP contribution is 2.22. The van der Waals surface area contributed by atoms with Gasteiger partial charge < -0.3 is 9.88 Å². The molecule has 0 unspecified atom stereocenters. The fraction of sp³-hybridized carbons (Fsp3) is 0.176. The molecule has 0 saturated heterocycles. The second kappa shape index (κ2) is 5.70. The molecule has 3 heteroatoms. The first kappa shape index (κ1) is 13.2. The quantitative estimate of drug-likeness (QED) is 0.764. The van der Waals surface area contributed by atoms with Crippen LogP contribution in [0.25, 0.3) is 10.9 Å². The highest BCUT2D eigenvalue weighted by Gasteiger charge is 2.05. The second-order valence-electron chi connectivity index (χ2n) is 4.96. The van der Waals surface area contributed by atoms with Crippen molar-refractivity contribution in [3.63, 3.8) is 0 Å². The van der Waals surface area contributed by atoms with Crippen LogP contribution in [0.5, 0.6) is 0 Å². The van der Waals surface area contributed by atoms with Gasteiger partial charge in [-0.2, -0.15) is 0 Å². The van der Waals surface area contributed by atoms with Crippen LogP contribution < -0.4 is 5.32 Å². The van der Waals surface area contributed by atoms with E-state index in [1.807, 2.05) is 25.2 Å². The van der Waals surface area contributed by atoms with Gasteiger partial charge in [-0.15, -0.1) is 0 Å². The van der Waals surface area contributed by atoms with E-state index in [9.17, 15) is 0 Å². The molecular weight excluding hydrogens is 268 g/mol. The zero-order valence-electron chi connectivity index (χ0n) is 11.4. The van der Waals surface area contributed by atoms with Gasteiger partial charge in [0.1, 0.15) is 0 Å². The minimum atomic E-state index is 0.800. The SMILES string of the molecule is CNCc1ccc2c(ccn2Cc2ccccc2Cl)c1. The average Bonchev–Trinajstić information content (AvgIpc) is 2.84. The Morgan fingerprint density at radius 1 is 1.10 bits per heavy atom. The van der Waals surface area contributed by atoms with Gasteiger partial charge >= 0.3 is 0 Å². The molecule has 0 saturated carbocycles. The molecule has 0 radical (unpaired) electrons.